The van der Waals surface area contributed by atoms with Gasteiger partial charge in [-0.05, 0) is 19.5 Å². The molecular formula is C12H12N3O2PtS-. The maximum absolute atomic E-state index is 10.0. The van der Waals surface area contributed by atoms with Crippen LogP contribution in [-0.4, -0.2) is 25.5 Å². The van der Waals surface area contributed by atoms with Crippen molar-refractivity contribution >= 4 is 17.3 Å². The van der Waals surface area contributed by atoms with Crippen LogP contribution in [0.15, 0.2) is 35.5 Å². The summed E-state index contributed by atoms with van der Waals surface area (Å²) in [5.74, 6) is -0.0625. The van der Waals surface area contributed by atoms with E-state index in [2.05, 4.69) is 20.8 Å². The summed E-state index contributed by atoms with van der Waals surface area (Å²) in [5, 5.41) is 17.9. The third-order valence-electron chi connectivity index (χ3n) is 1.65. The number of nitrogens with zero attached hydrogens (tertiary/aromatic N) is 3. The van der Waals surface area contributed by atoms with Crippen LogP contribution in [0.3, 0.4) is 0 Å². The van der Waals surface area contributed by atoms with Crippen molar-refractivity contribution in [2.24, 2.45) is 0 Å². The topological polar surface area (TPSA) is 76.0 Å². The van der Waals surface area contributed by atoms with E-state index >= 15 is 0 Å². The summed E-state index contributed by atoms with van der Waals surface area (Å²) in [6.07, 6.45) is 5.63. The SMILES string of the molecule is CC(=O)/C=C(/C)O.[Pt].[c-]1nscc1-c1cccnn1. The van der Waals surface area contributed by atoms with Gasteiger partial charge in [0.1, 0.15) is 0 Å². The molecule has 104 valence electrons. The van der Waals surface area contributed by atoms with Crippen molar-refractivity contribution in [3.8, 4) is 11.3 Å². The van der Waals surface area contributed by atoms with Crippen LogP contribution in [0.2, 0.25) is 0 Å². The molecule has 2 aromatic rings. The first-order chi connectivity index (χ1) is 8.59. The molecule has 0 spiro atoms. The fourth-order valence-corrected chi connectivity index (χ4v) is 1.52. The maximum atomic E-state index is 10.0. The number of hydrogen-bond donors (Lipinski definition) is 1. The summed E-state index contributed by atoms with van der Waals surface area (Å²) in [6.45, 7) is 2.85. The zero-order valence-electron chi connectivity index (χ0n) is 10.3. The molecule has 19 heavy (non-hydrogen) atoms. The molecule has 0 aliphatic heterocycles. The van der Waals surface area contributed by atoms with Crippen molar-refractivity contribution < 1.29 is 31.0 Å². The van der Waals surface area contributed by atoms with Gasteiger partial charge in [-0.1, -0.05) is 23.7 Å². The Morgan fingerprint density at radius 1 is 1.47 bits per heavy atom. The van der Waals surface area contributed by atoms with Gasteiger partial charge in [-0.2, -0.15) is 5.10 Å². The van der Waals surface area contributed by atoms with E-state index < -0.39 is 0 Å². The smallest absolute Gasteiger partial charge is 0.155 e. The molecule has 0 aliphatic rings. The molecule has 0 aliphatic carbocycles. The zero-order valence-corrected chi connectivity index (χ0v) is 13.4. The van der Waals surface area contributed by atoms with Gasteiger partial charge in [-0.15, -0.1) is 17.1 Å². The molecule has 0 unspecified atom stereocenters. The van der Waals surface area contributed by atoms with E-state index in [0.717, 1.165) is 11.3 Å². The number of rotatable bonds is 2. The van der Waals surface area contributed by atoms with Gasteiger partial charge in [0.25, 0.3) is 0 Å². The Hall–Kier alpha value is -1.39. The number of ketones is 1. The Morgan fingerprint density at radius 2 is 2.21 bits per heavy atom. The third-order valence-corrected chi connectivity index (χ3v) is 2.19. The molecule has 2 heterocycles. The summed E-state index contributed by atoms with van der Waals surface area (Å²) in [4.78, 5) is 10.0. The van der Waals surface area contributed by atoms with Crippen LogP contribution in [0.25, 0.3) is 11.3 Å². The largest absolute Gasteiger partial charge is 0.512 e. The van der Waals surface area contributed by atoms with E-state index in [9.17, 15) is 4.79 Å². The summed E-state index contributed by atoms with van der Waals surface area (Å²) < 4.78 is 3.85. The van der Waals surface area contributed by atoms with Gasteiger partial charge >= 0.3 is 0 Å². The Labute approximate surface area is 129 Å². The summed E-state index contributed by atoms with van der Waals surface area (Å²) in [6, 6.07) is 3.72. The quantitative estimate of drug-likeness (QED) is 0.426. The van der Waals surface area contributed by atoms with Crippen LogP contribution in [0.4, 0.5) is 0 Å². The van der Waals surface area contributed by atoms with Gasteiger partial charge in [0.05, 0.1) is 5.76 Å². The Kier molecular flexibility index (Phi) is 8.83. The van der Waals surface area contributed by atoms with Gasteiger partial charge in [-0.25, -0.2) is 5.10 Å². The maximum Gasteiger partial charge on any atom is 0.155 e. The number of aromatic nitrogens is 3. The molecule has 7 heteroatoms. The summed E-state index contributed by atoms with van der Waals surface area (Å²) in [5.41, 5.74) is 1.73. The van der Waals surface area contributed by atoms with E-state index in [0.29, 0.717) is 0 Å². The molecule has 5 nitrogen and oxygen atoms in total. The molecular weight excluding hydrogens is 445 g/mol. The summed E-state index contributed by atoms with van der Waals surface area (Å²) >= 11 is 1.36. The minimum Gasteiger partial charge on any atom is -0.512 e. The van der Waals surface area contributed by atoms with E-state index in [4.69, 9.17) is 5.11 Å². The minimum absolute atomic E-state index is 0. The molecule has 0 amide bonds. The molecule has 2 aromatic heterocycles. The molecule has 0 radical (unpaired) electrons. The average molecular weight is 457 g/mol. The fourth-order valence-electron chi connectivity index (χ4n) is 1.04. The van der Waals surface area contributed by atoms with Crippen molar-refractivity contribution in [3.05, 3.63) is 41.7 Å². The normalized spacial score (nSPS) is 9.89. The molecule has 0 saturated heterocycles. The first-order valence-corrected chi connectivity index (χ1v) is 5.91. The number of carbonyl (C=O) groups is 1. The number of allylic oxidation sites excluding steroid dienone is 2. The van der Waals surface area contributed by atoms with Crippen molar-refractivity contribution in [2.75, 3.05) is 0 Å². The molecule has 0 aromatic carbocycles. The Morgan fingerprint density at radius 3 is 2.58 bits per heavy atom. The molecule has 0 atom stereocenters. The van der Waals surface area contributed by atoms with E-state index in [1.807, 2.05) is 17.5 Å². The van der Waals surface area contributed by atoms with E-state index in [1.54, 1.807) is 6.20 Å². The van der Waals surface area contributed by atoms with Crippen molar-refractivity contribution in [2.45, 2.75) is 13.8 Å². The van der Waals surface area contributed by atoms with Crippen LogP contribution in [0.1, 0.15) is 13.8 Å². The number of aliphatic hydroxyl groups excluding tert-OH is 1. The zero-order chi connectivity index (χ0) is 13.4. The van der Waals surface area contributed by atoms with Crippen molar-refractivity contribution in [1.82, 2.24) is 14.6 Å². The van der Waals surface area contributed by atoms with Gasteiger partial charge in [0.15, 0.2) is 5.78 Å². The molecule has 0 fully saturated rings. The predicted molar refractivity (Wildman–Crippen MR) is 69.0 cm³/mol. The molecule has 2 rings (SSSR count). The predicted octanol–water partition coefficient (Wildman–Crippen LogP) is 2.43. The third kappa shape index (κ3) is 7.59. The second-order valence-corrected chi connectivity index (χ2v) is 3.97. The van der Waals surface area contributed by atoms with Crippen LogP contribution in [0, 0.1) is 6.20 Å². The minimum atomic E-state index is -0.125. The van der Waals surface area contributed by atoms with Gasteiger partial charge in [-0.3, -0.25) is 9.17 Å². The summed E-state index contributed by atoms with van der Waals surface area (Å²) in [7, 11) is 0. The fraction of sp³-hybridized carbons (Fsp3) is 0.167. The Balaban J connectivity index is 0.000000360. The molecule has 1 N–H and O–H groups in total. The average Bonchev–Trinajstić information content (AvgIpc) is 2.82. The van der Waals surface area contributed by atoms with Gasteiger partial charge < -0.3 is 5.11 Å². The number of hydrogen-bond acceptors (Lipinski definition) is 6. The van der Waals surface area contributed by atoms with Gasteiger partial charge in [0, 0.05) is 33.3 Å². The second-order valence-electron chi connectivity index (χ2n) is 3.35. The number of aliphatic hydroxyl groups is 1. The molecule has 0 saturated carbocycles. The molecule has 0 bridgehead atoms. The van der Waals surface area contributed by atoms with Crippen LogP contribution in [0.5, 0.6) is 0 Å². The first-order valence-electron chi connectivity index (χ1n) is 5.07. The van der Waals surface area contributed by atoms with Crippen LogP contribution < -0.4 is 0 Å². The standard InChI is InChI=1S/C7H4N3S.C5H8O2.Pt/c1-2-7(10-8-3-1)6-4-9-11-5-6;1-4(6)3-5(2)7;/h1-3,5H;3,6H,1-2H3;/q-1;;/b;4-3-;. The van der Waals surface area contributed by atoms with Crippen molar-refractivity contribution in [3.63, 3.8) is 0 Å². The van der Waals surface area contributed by atoms with Crippen LogP contribution >= 0.6 is 11.5 Å². The van der Waals surface area contributed by atoms with Gasteiger partial charge in [0.2, 0.25) is 0 Å². The second kappa shape index (κ2) is 9.53. The number of carbonyl (C=O) groups excluding carboxylic acids is 1. The van der Waals surface area contributed by atoms with Crippen molar-refractivity contribution in [1.29, 1.82) is 0 Å². The first kappa shape index (κ1) is 17.6. The Bertz CT molecular complexity index is 511. The van der Waals surface area contributed by atoms with E-state index in [-0.39, 0.29) is 32.6 Å². The van der Waals surface area contributed by atoms with Crippen LogP contribution in [-0.2, 0) is 25.9 Å². The van der Waals surface area contributed by atoms with E-state index in [1.165, 1.54) is 31.5 Å². The monoisotopic (exact) mass is 457 g/mol.